The lowest BCUT2D eigenvalue weighted by molar-refractivity contribution is 0.296. The van der Waals surface area contributed by atoms with Crippen molar-refractivity contribution < 1.29 is 9.47 Å². The minimum Gasteiger partial charge on any atom is -0.495 e. The molecule has 5 heteroatoms. The number of anilines is 1. The molecule has 0 aliphatic rings. The van der Waals surface area contributed by atoms with Gasteiger partial charge < -0.3 is 19.8 Å². The molecule has 5 nitrogen and oxygen atoms in total. The number of pyridine rings is 1. The Balaban J connectivity index is 1.95. The Kier molecular flexibility index (Phi) is 4.07. The van der Waals surface area contributed by atoms with Gasteiger partial charge in [0.25, 0.3) is 5.56 Å². The molecule has 2 N–H and O–H groups in total. The van der Waals surface area contributed by atoms with Crippen LogP contribution >= 0.6 is 0 Å². The summed E-state index contributed by atoms with van der Waals surface area (Å²) in [7, 11) is 1.56. The van der Waals surface area contributed by atoms with Gasteiger partial charge in [-0.05, 0) is 18.2 Å². The van der Waals surface area contributed by atoms with Crippen molar-refractivity contribution >= 4 is 5.69 Å². The lowest BCUT2D eigenvalue weighted by atomic mass is 10.3. The van der Waals surface area contributed by atoms with Crippen molar-refractivity contribution in [2.45, 2.75) is 6.54 Å². The average molecular weight is 260 g/mol. The smallest absolute Gasteiger partial charge is 0.250 e. The molecule has 0 radical (unpaired) electrons. The van der Waals surface area contributed by atoms with Crippen LogP contribution < -0.4 is 20.8 Å². The Morgan fingerprint density at radius 2 is 2.11 bits per heavy atom. The van der Waals surface area contributed by atoms with E-state index in [2.05, 4.69) is 0 Å². The Morgan fingerprint density at radius 3 is 2.79 bits per heavy atom. The van der Waals surface area contributed by atoms with E-state index in [1.165, 1.54) is 6.07 Å². The zero-order chi connectivity index (χ0) is 13.7. The normalized spacial score (nSPS) is 10.2. The maximum absolute atomic E-state index is 11.5. The second-order valence-electron chi connectivity index (χ2n) is 3.98. The molecule has 0 amide bonds. The molecule has 0 unspecified atom stereocenters. The molecule has 1 heterocycles. The van der Waals surface area contributed by atoms with Crippen molar-refractivity contribution in [2.75, 3.05) is 19.5 Å². The lowest BCUT2D eigenvalue weighted by Gasteiger charge is -2.10. The van der Waals surface area contributed by atoms with E-state index < -0.39 is 0 Å². The fourth-order valence-corrected chi connectivity index (χ4v) is 1.71. The standard InChI is InChI=1S/C14H16N2O3/c1-18-13-6-5-11(10-12(13)15)19-9-8-16-7-3-2-4-14(16)17/h2-7,10H,8-9,15H2,1H3. The van der Waals surface area contributed by atoms with E-state index >= 15 is 0 Å². The second-order valence-corrected chi connectivity index (χ2v) is 3.98. The van der Waals surface area contributed by atoms with Crippen LogP contribution in [0.2, 0.25) is 0 Å². The van der Waals surface area contributed by atoms with E-state index in [0.29, 0.717) is 30.3 Å². The van der Waals surface area contributed by atoms with Gasteiger partial charge in [-0.2, -0.15) is 0 Å². The van der Waals surface area contributed by atoms with Gasteiger partial charge in [-0.25, -0.2) is 0 Å². The van der Waals surface area contributed by atoms with E-state index in [-0.39, 0.29) is 5.56 Å². The van der Waals surface area contributed by atoms with Crippen molar-refractivity contribution in [1.29, 1.82) is 0 Å². The molecular weight excluding hydrogens is 244 g/mol. The number of hydrogen-bond donors (Lipinski definition) is 1. The summed E-state index contributed by atoms with van der Waals surface area (Å²) in [6, 6.07) is 10.3. The lowest BCUT2D eigenvalue weighted by Crippen LogP contribution is -2.21. The molecule has 2 rings (SSSR count). The fraction of sp³-hybridized carbons (Fsp3) is 0.214. The molecule has 0 saturated heterocycles. The number of aromatic nitrogens is 1. The number of benzene rings is 1. The quantitative estimate of drug-likeness (QED) is 0.828. The molecule has 19 heavy (non-hydrogen) atoms. The summed E-state index contributed by atoms with van der Waals surface area (Å²) < 4.78 is 12.2. The molecule has 1 aromatic carbocycles. The molecule has 0 fully saturated rings. The third kappa shape index (κ3) is 3.28. The van der Waals surface area contributed by atoms with E-state index in [9.17, 15) is 4.79 Å². The topological polar surface area (TPSA) is 66.5 Å². The van der Waals surface area contributed by atoms with E-state index in [1.807, 2.05) is 6.07 Å². The highest BCUT2D eigenvalue weighted by atomic mass is 16.5. The first-order chi connectivity index (χ1) is 9.20. The van der Waals surface area contributed by atoms with Gasteiger partial charge in [0, 0.05) is 18.3 Å². The van der Waals surface area contributed by atoms with Crippen LogP contribution in [0.5, 0.6) is 11.5 Å². The Hall–Kier alpha value is -2.43. The molecular formula is C14H16N2O3. The average Bonchev–Trinajstić information content (AvgIpc) is 2.41. The summed E-state index contributed by atoms with van der Waals surface area (Å²) in [6.45, 7) is 0.890. The van der Waals surface area contributed by atoms with Crippen LogP contribution in [-0.2, 0) is 6.54 Å². The second kappa shape index (κ2) is 5.95. The van der Waals surface area contributed by atoms with Gasteiger partial charge in [0.15, 0.2) is 0 Å². The first-order valence-corrected chi connectivity index (χ1v) is 5.92. The highest BCUT2D eigenvalue weighted by Gasteiger charge is 2.01. The fourth-order valence-electron chi connectivity index (χ4n) is 1.71. The molecule has 0 bridgehead atoms. The largest absolute Gasteiger partial charge is 0.495 e. The molecule has 100 valence electrons. The molecule has 0 spiro atoms. The van der Waals surface area contributed by atoms with Gasteiger partial charge in [-0.1, -0.05) is 6.07 Å². The first-order valence-electron chi connectivity index (χ1n) is 5.92. The highest BCUT2D eigenvalue weighted by Crippen LogP contribution is 2.25. The summed E-state index contributed by atoms with van der Waals surface area (Å²) in [4.78, 5) is 11.5. The van der Waals surface area contributed by atoms with E-state index in [1.54, 1.807) is 42.1 Å². The number of rotatable bonds is 5. The summed E-state index contributed by atoms with van der Waals surface area (Å²) in [5.41, 5.74) is 6.26. The summed E-state index contributed by atoms with van der Waals surface area (Å²) >= 11 is 0. The first kappa shape index (κ1) is 13.0. The number of methoxy groups -OCH3 is 1. The Bertz CT molecular complexity index is 608. The molecule has 1 aromatic heterocycles. The van der Waals surface area contributed by atoms with Gasteiger partial charge >= 0.3 is 0 Å². The predicted octanol–water partition coefficient (Wildman–Crippen LogP) is 1.52. The van der Waals surface area contributed by atoms with Crippen molar-refractivity contribution in [3.05, 3.63) is 52.9 Å². The van der Waals surface area contributed by atoms with Crippen molar-refractivity contribution in [3.8, 4) is 11.5 Å². The van der Waals surface area contributed by atoms with Gasteiger partial charge in [0.2, 0.25) is 0 Å². The van der Waals surface area contributed by atoms with Gasteiger partial charge in [0.1, 0.15) is 18.1 Å². The van der Waals surface area contributed by atoms with Crippen molar-refractivity contribution in [1.82, 2.24) is 4.57 Å². The number of ether oxygens (including phenoxy) is 2. The van der Waals surface area contributed by atoms with Gasteiger partial charge in [-0.15, -0.1) is 0 Å². The van der Waals surface area contributed by atoms with Crippen LogP contribution in [0.15, 0.2) is 47.4 Å². The summed E-state index contributed by atoms with van der Waals surface area (Å²) in [6.07, 6.45) is 1.73. The third-order valence-electron chi connectivity index (χ3n) is 2.70. The highest BCUT2D eigenvalue weighted by molar-refractivity contribution is 5.56. The molecule has 0 aliphatic heterocycles. The number of nitrogen functional groups attached to an aromatic ring is 1. The number of nitrogens with zero attached hydrogens (tertiary/aromatic N) is 1. The van der Waals surface area contributed by atoms with Crippen molar-refractivity contribution in [2.24, 2.45) is 0 Å². The third-order valence-corrected chi connectivity index (χ3v) is 2.70. The summed E-state index contributed by atoms with van der Waals surface area (Å²) in [5.74, 6) is 1.27. The maximum Gasteiger partial charge on any atom is 0.250 e. The van der Waals surface area contributed by atoms with Crippen LogP contribution in [0.1, 0.15) is 0 Å². The summed E-state index contributed by atoms with van der Waals surface area (Å²) in [5, 5.41) is 0. The predicted molar refractivity (Wildman–Crippen MR) is 73.6 cm³/mol. The van der Waals surface area contributed by atoms with Crippen LogP contribution in [0, 0.1) is 0 Å². The maximum atomic E-state index is 11.5. The van der Waals surface area contributed by atoms with Crippen molar-refractivity contribution in [3.63, 3.8) is 0 Å². The minimum atomic E-state index is -0.0413. The van der Waals surface area contributed by atoms with Crippen LogP contribution in [-0.4, -0.2) is 18.3 Å². The molecule has 0 atom stereocenters. The van der Waals surface area contributed by atoms with Crippen LogP contribution in [0.4, 0.5) is 5.69 Å². The van der Waals surface area contributed by atoms with Crippen LogP contribution in [0.25, 0.3) is 0 Å². The number of nitrogens with two attached hydrogens (primary N) is 1. The minimum absolute atomic E-state index is 0.0413. The number of hydrogen-bond acceptors (Lipinski definition) is 4. The Morgan fingerprint density at radius 1 is 1.26 bits per heavy atom. The monoisotopic (exact) mass is 260 g/mol. The zero-order valence-electron chi connectivity index (χ0n) is 10.7. The molecule has 2 aromatic rings. The molecule has 0 aliphatic carbocycles. The van der Waals surface area contributed by atoms with Crippen LogP contribution in [0.3, 0.4) is 0 Å². The zero-order valence-corrected chi connectivity index (χ0v) is 10.7. The van der Waals surface area contributed by atoms with E-state index in [4.69, 9.17) is 15.2 Å². The van der Waals surface area contributed by atoms with E-state index in [0.717, 1.165) is 0 Å². The van der Waals surface area contributed by atoms with Gasteiger partial charge in [-0.3, -0.25) is 4.79 Å². The van der Waals surface area contributed by atoms with Gasteiger partial charge in [0.05, 0.1) is 19.3 Å². The molecule has 0 saturated carbocycles. The SMILES string of the molecule is COc1ccc(OCCn2ccccc2=O)cc1N. The Labute approximate surface area is 111 Å².